The summed E-state index contributed by atoms with van der Waals surface area (Å²) in [6.45, 7) is 2.29. The summed E-state index contributed by atoms with van der Waals surface area (Å²) in [6.07, 6.45) is 21.4. The quantitative estimate of drug-likeness (QED) is 0.444. The van der Waals surface area contributed by atoms with Gasteiger partial charge in [-0.2, -0.15) is 0 Å². The molecule has 0 radical (unpaired) electrons. The van der Waals surface area contributed by atoms with E-state index in [2.05, 4.69) is 6.92 Å². The molecule has 140 valence electrons. The van der Waals surface area contributed by atoms with E-state index in [4.69, 9.17) is 5.11 Å². The van der Waals surface area contributed by atoms with Crippen molar-refractivity contribution in [3.8, 4) is 0 Å². The fraction of sp³-hybridized carbons (Fsp3) is 0.955. The number of unbranched alkanes of at least 4 members (excludes halogenated alkanes) is 4. The Kier molecular flexibility index (Phi) is 9.20. The molecule has 0 aromatic rings. The predicted octanol–water partition coefficient (Wildman–Crippen LogP) is 6.82. The zero-order valence-corrected chi connectivity index (χ0v) is 16.0. The third kappa shape index (κ3) is 7.15. The van der Waals surface area contributed by atoms with Gasteiger partial charge >= 0.3 is 5.97 Å². The van der Waals surface area contributed by atoms with Gasteiger partial charge in [-0.15, -0.1) is 0 Å². The van der Waals surface area contributed by atoms with Crippen molar-refractivity contribution < 1.29 is 9.90 Å². The molecule has 0 aromatic heterocycles. The highest BCUT2D eigenvalue weighted by atomic mass is 16.4. The zero-order chi connectivity index (χ0) is 17.2. The van der Waals surface area contributed by atoms with E-state index in [1.165, 1.54) is 77.0 Å². The number of hydrogen-bond donors (Lipinski definition) is 1. The minimum atomic E-state index is -0.568. The Bertz CT molecular complexity index is 336. The topological polar surface area (TPSA) is 37.3 Å². The normalized spacial score (nSPS) is 31.0. The lowest BCUT2D eigenvalue weighted by Gasteiger charge is -2.31. The van der Waals surface area contributed by atoms with Crippen LogP contribution in [0.1, 0.15) is 110 Å². The standard InChI is InChI=1S/C22H40O2/c1-2-3-4-5-6-7-18-8-10-19(11-9-18)12-13-20-14-16-21(17-15-20)22(23)24/h18-21H,2-17H2,1H3,(H,23,24). The first-order valence-electron chi connectivity index (χ1n) is 10.9. The lowest BCUT2D eigenvalue weighted by atomic mass is 9.75. The summed E-state index contributed by atoms with van der Waals surface area (Å²) in [6, 6.07) is 0. The molecule has 2 aliphatic rings. The van der Waals surface area contributed by atoms with Crippen molar-refractivity contribution in [2.75, 3.05) is 0 Å². The maximum absolute atomic E-state index is 11.0. The second kappa shape index (κ2) is 11.2. The van der Waals surface area contributed by atoms with Crippen LogP contribution in [0.5, 0.6) is 0 Å². The van der Waals surface area contributed by atoms with E-state index in [1.807, 2.05) is 0 Å². The first kappa shape index (κ1) is 19.8. The molecule has 0 aliphatic heterocycles. The van der Waals surface area contributed by atoms with Crippen LogP contribution in [0.15, 0.2) is 0 Å². The van der Waals surface area contributed by atoms with Crippen molar-refractivity contribution in [3.05, 3.63) is 0 Å². The number of carboxylic acids is 1. The van der Waals surface area contributed by atoms with Gasteiger partial charge < -0.3 is 5.11 Å². The molecule has 0 bridgehead atoms. The highest BCUT2D eigenvalue weighted by Crippen LogP contribution is 2.37. The fourth-order valence-corrected chi connectivity index (χ4v) is 5.01. The molecule has 2 heteroatoms. The van der Waals surface area contributed by atoms with Gasteiger partial charge in [-0.25, -0.2) is 0 Å². The fourth-order valence-electron chi connectivity index (χ4n) is 5.01. The van der Waals surface area contributed by atoms with Crippen molar-refractivity contribution >= 4 is 5.97 Å². The molecule has 0 unspecified atom stereocenters. The van der Waals surface area contributed by atoms with E-state index in [-0.39, 0.29) is 5.92 Å². The lowest BCUT2D eigenvalue weighted by Crippen LogP contribution is -2.22. The van der Waals surface area contributed by atoms with Crippen LogP contribution in [0, 0.1) is 23.7 Å². The summed E-state index contributed by atoms with van der Waals surface area (Å²) >= 11 is 0. The summed E-state index contributed by atoms with van der Waals surface area (Å²) in [4.78, 5) is 11.0. The van der Waals surface area contributed by atoms with Crippen molar-refractivity contribution in [2.24, 2.45) is 23.7 Å². The average Bonchev–Trinajstić information content (AvgIpc) is 2.61. The van der Waals surface area contributed by atoms with Gasteiger partial charge in [0.15, 0.2) is 0 Å². The highest BCUT2D eigenvalue weighted by molar-refractivity contribution is 5.69. The molecule has 2 rings (SSSR count). The minimum absolute atomic E-state index is 0.0472. The largest absolute Gasteiger partial charge is 0.481 e. The number of carboxylic acid groups (broad SMARTS) is 1. The summed E-state index contributed by atoms with van der Waals surface area (Å²) < 4.78 is 0. The molecular formula is C22H40O2. The van der Waals surface area contributed by atoms with Crippen LogP contribution in [-0.2, 0) is 4.79 Å². The van der Waals surface area contributed by atoms with Gasteiger partial charge in [0.1, 0.15) is 0 Å². The molecule has 24 heavy (non-hydrogen) atoms. The molecule has 2 aliphatic carbocycles. The molecule has 0 amide bonds. The van der Waals surface area contributed by atoms with Gasteiger partial charge in [-0.1, -0.05) is 84.0 Å². The Labute approximate surface area is 149 Å². The third-order valence-corrected chi connectivity index (χ3v) is 6.86. The van der Waals surface area contributed by atoms with Crippen LogP contribution >= 0.6 is 0 Å². The first-order chi connectivity index (χ1) is 11.7. The van der Waals surface area contributed by atoms with Gasteiger partial charge in [0.05, 0.1) is 5.92 Å². The van der Waals surface area contributed by atoms with E-state index in [9.17, 15) is 4.79 Å². The molecule has 2 nitrogen and oxygen atoms in total. The average molecular weight is 337 g/mol. The van der Waals surface area contributed by atoms with E-state index in [0.717, 1.165) is 43.4 Å². The molecule has 2 saturated carbocycles. The van der Waals surface area contributed by atoms with Crippen LogP contribution in [0.4, 0.5) is 0 Å². The Morgan fingerprint density at radius 1 is 0.708 bits per heavy atom. The minimum Gasteiger partial charge on any atom is -0.481 e. The highest BCUT2D eigenvalue weighted by Gasteiger charge is 2.27. The van der Waals surface area contributed by atoms with Crippen molar-refractivity contribution in [2.45, 2.75) is 110 Å². The lowest BCUT2D eigenvalue weighted by molar-refractivity contribution is -0.143. The van der Waals surface area contributed by atoms with Gasteiger partial charge in [0.2, 0.25) is 0 Å². The van der Waals surface area contributed by atoms with E-state index in [0.29, 0.717) is 0 Å². The molecule has 0 spiro atoms. The Morgan fingerprint density at radius 2 is 1.17 bits per heavy atom. The van der Waals surface area contributed by atoms with Crippen LogP contribution in [-0.4, -0.2) is 11.1 Å². The van der Waals surface area contributed by atoms with Gasteiger partial charge in [0, 0.05) is 0 Å². The number of hydrogen-bond acceptors (Lipinski definition) is 1. The number of carbonyl (C=O) groups is 1. The molecular weight excluding hydrogens is 296 g/mol. The summed E-state index contributed by atoms with van der Waals surface area (Å²) in [5, 5.41) is 9.09. The summed E-state index contributed by atoms with van der Waals surface area (Å²) in [5.41, 5.74) is 0. The zero-order valence-electron chi connectivity index (χ0n) is 16.0. The molecule has 0 aromatic carbocycles. The maximum Gasteiger partial charge on any atom is 0.306 e. The number of rotatable bonds is 10. The second-order valence-corrected chi connectivity index (χ2v) is 8.72. The van der Waals surface area contributed by atoms with E-state index >= 15 is 0 Å². The smallest absolute Gasteiger partial charge is 0.306 e. The monoisotopic (exact) mass is 336 g/mol. The Balaban J connectivity index is 1.50. The molecule has 0 heterocycles. The van der Waals surface area contributed by atoms with Crippen LogP contribution < -0.4 is 0 Å². The van der Waals surface area contributed by atoms with Gasteiger partial charge in [-0.05, 0) is 43.4 Å². The van der Waals surface area contributed by atoms with Crippen molar-refractivity contribution in [1.82, 2.24) is 0 Å². The Morgan fingerprint density at radius 3 is 1.67 bits per heavy atom. The first-order valence-corrected chi connectivity index (χ1v) is 10.9. The summed E-state index contributed by atoms with van der Waals surface area (Å²) in [7, 11) is 0. The van der Waals surface area contributed by atoms with Crippen LogP contribution in [0.3, 0.4) is 0 Å². The van der Waals surface area contributed by atoms with Crippen molar-refractivity contribution in [3.63, 3.8) is 0 Å². The van der Waals surface area contributed by atoms with Crippen molar-refractivity contribution in [1.29, 1.82) is 0 Å². The summed E-state index contributed by atoms with van der Waals surface area (Å²) in [5.74, 6) is 2.19. The molecule has 0 atom stereocenters. The van der Waals surface area contributed by atoms with Crippen LogP contribution in [0.25, 0.3) is 0 Å². The third-order valence-electron chi connectivity index (χ3n) is 6.86. The van der Waals surface area contributed by atoms with E-state index < -0.39 is 5.97 Å². The molecule has 1 N–H and O–H groups in total. The van der Waals surface area contributed by atoms with Crippen LogP contribution in [0.2, 0.25) is 0 Å². The Hall–Kier alpha value is -0.530. The molecule has 0 saturated heterocycles. The predicted molar refractivity (Wildman–Crippen MR) is 101 cm³/mol. The molecule has 2 fully saturated rings. The van der Waals surface area contributed by atoms with Gasteiger partial charge in [-0.3, -0.25) is 4.79 Å². The number of aliphatic carboxylic acids is 1. The maximum atomic E-state index is 11.0. The van der Waals surface area contributed by atoms with E-state index in [1.54, 1.807) is 0 Å². The SMILES string of the molecule is CCCCCCCC1CCC(CCC2CCC(C(=O)O)CC2)CC1. The second-order valence-electron chi connectivity index (χ2n) is 8.72. The van der Waals surface area contributed by atoms with Gasteiger partial charge in [0.25, 0.3) is 0 Å².